The number of nitrogens with one attached hydrogen (secondary N) is 4. The molecule has 5 N–H and O–H groups in total. The summed E-state index contributed by atoms with van der Waals surface area (Å²) >= 11 is 0. The van der Waals surface area contributed by atoms with Gasteiger partial charge in [0, 0.05) is 25.2 Å². The molecule has 1 heterocycles. The van der Waals surface area contributed by atoms with E-state index in [2.05, 4.69) is 26.3 Å². The van der Waals surface area contributed by atoms with E-state index in [1.54, 1.807) is 36.4 Å². The first-order chi connectivity index (χ1) is 18.6. The van der Waals surface area contributed by atoms with Crippen LogP contribution in [0.1, 0.15) is 36.1 Å². The minimum Gasteiger partial charge on any atom is -0.495 e. The van der Waals surface area contributed by atoms with Crippen LogP contribution in [0.3, 0.4) is 0 Å². The lowest BCUT2D eigenvalue weighted by molar-refractivity contribution is -0.137. The molecule has 0 aliphatic carbocycles. The van der Waals surface area contributed by atoms with Gasteiger partial charge in [-0.05, 0) is 47.9 Å². The number of ketones is 1. The van der Waals surface area contributed by atoms with Gasteiger partial charge in [-0.2, -0.15) is 0 Å². The SMILES string of the molecule is COc1cc(CC(=O)CNc2ccc(C(CC(=O)O)NC(C)=O)cn2)ccc1NC(=O)Nc1ccccc1C. The lowest BCUT2D eigenvalue weighted by Gasteiger charge is -2.16. The van der Waals surface area contributed by atoms with Crippen molar-refractivity contribution in [2.24, 2.45) is 0 Å². The van der Waals surface area contributed by atoms with Crippen molar-refractivity contribution >= 4 is 40.9 Å². The van der Waals surface area contributed by atoms with Crippen LogP contribution in [-0.4, -0.2) is 47.4 Å². The van der Waals surface area contributed by atoms with E-state index < -0.39 is 18.0 Å². The van der Waals surface area contributed by atoms with Crippen LogP contribution in [0.2, 0.25) is 0 Å². The number of pyridine rings is 1. The number of amides is 3. The Hall–Kier alpha value is -4.93. The second kappa shape index (κ2) is 13.6. The highest BCUT2D eigenvalue weighted by atomic mass is 16.5. The summed E-state index contributed by atoms with van der Waals surface area (Å²) in [6.07, 6.45) is 1.31. The summed E-state index contributed by atoms with van der Waals surface area (Å²) in [5, 5.41) is 20.2. The van der Waals surface area contributed by atoms with Gasteiger partial charge in [-0.25, -0.2) is 9.78 Å². The highest BCUT2D eigenvalue weighted by Gasteiger charge is 2.17. The molecule has 3 amide bonds. The van der Waals surface area contributed by atoms with Gasteiger partial charge in [0.05, 0.1) is 31.8 Å². The van der Waals surface area contributed by atoms with Crippen molar-refractivity contribution in [1.82, 2.24) is 10.3 Å². The first-order valence-electron chi connectivity index (χ1n) is 12.2. The molecular formula is C28H31N5O6. The van der Waals surface area contributed by atoms with Crippen molar-refractivity contribution in [3.05, 3.63) is 77.5 Å². The van der Waals surface area contributed by atoms with Crippen molar-refractivity contribution < 1.29 is 29.0 Å². The molecule has 0 bridgehead atoms. The molecule has 1 atom stereocenters. The average Bonchev–Trinajstić information content (AvgIpc) is 2.89. The fraction of sp³-hybridized carbons (Fsp3) is 0.250. The maximum atomic E-state index is 12.6. The number of benzene rings is 2. The largest absolute Gasteiger partial charge is 0.495 e. The molecule has 11 heteroatoms. The Morgan fingerprint density at radius 3 is 2.38 bits per heavy atom. The molecule has 1 aromatic heterocycles. The average molecular weight is 534 g/mol. The fourth-order valence-corrected chi connectivity index (χ4v) is 3.81. The highest BCUT2D eigenvalue weighted by Crippen LogP contribution is 2.26. The number of carbonyl (C=O) groups excluding carboxylic acids is 3. The van der Waals surface area contributed by atoms with E-state index in [-0.39, 0.29) is 31.1 Å². The Balaban J connectivity index is 1.55. The lowest BCUT2D eigenvalue weighted by atomic mass is 10.1. The predicted molar refractivity (Wildman–Crippen MR) is 147 cm³/mol. The zero-order valence-corrected chi connectivity index (χ0v) is 21.9. The van der Waals surface area contributed by atoms with Crippen LogP contribution in [0.25, 0.3) is 0 Å². The van der Waals surface area contributed by atoms with Gasteiger partial charge in [-0.3, -0.25) is 14.4 Å². The van der Waals surface area contributed by atoms with E-state index in [1.165, 1.54) is 20.2 Å². The van der Waals surface area contributed by atoms with Crippen molar-refractivity contribution in [3.8, 4) is 5.75 Å². The van der Waals surface area contributed by atoms with Gasteiger partial charge < -0.3 is 31.1 Å². The number of hydrogen-bond donors (Lipinski definition) is 5. The van der Waals surface area contributed by atoms with E-state index >= 15 is 0 Å². The summed E-state index contributed by atoms with van der Waals surface area (Å²) in [4.78, 5) is 51.7. The summed E-state index contributed by atoms with van der Waals surface area (Å²) in [6, 6.07) is 14.7. The molecular weight excluding hydrogens is 502 g/mol. The van der Waals surface area contributed by atoms with Crippen LogP contribution in [0.4, 0.5) is 22.0 Å². The zero-order valence-electron chi connectivity index (χ0n) is 21.9. The van der Waals surface area contributed by atoms with Crippen LogP contribution in [0, 0.1) is 6.92 Å². The number of ether oxygens (including phenoxy) is 1. The molecule has 0 fully saturated rings. The fourth-order valence-electron chi connectivity index (χ4n) is 3.81. The third kappa shape index (κ3) is 8.85. The number of hydrogen-bond acceptors (Lipinski definition) is 7. The number of carbonyl (C=O) groups is 4. The Bertz CT molecular complexity index is 1330. The summed E-state index contributed by atoms with van der Waals surface area (Å²) in [5.74, 6) is -0.656. The van der Waals surface area contributed by atoms with Crippen molar-refractivity contribution in [2.45, 2.75) is 32.7 Å². The number of urea groups is 1. The van der Waals surface area contributed by atoms with Gasteiger partial charge in [0.2, 0.25) is 5.91 Å². The number of para-hydroxylation sites is 1. The molecule has 0 saturated heterocycles. The zero-order chi connectivity index (χ0) is 28.4. The lowest BCUT2D eigenvalue weighted by Crippen LogP contribution is -2.28. The first-order valence-corrected chi connectivity index (χ1v) is 12.2. The molecule has 1 unspecified atom stereocenters. The van der Waals surface area contributed by atoms with E-state index in [4.69, 9.17) is 9.84 Å². The highest BCUT2D eigenvalue weighted by molar-refractivity contribution is 6.01. The Morgan fingerprint density at radius 1 is 1.00 bits per heavy atom. The van der Waals surface area contributed by atoms with E-state index in [0.29, 0.717) is 34.1 Å². The molecule has 204 valence electrons. The third-order valence-electron chi connectivity index (χ3n) is 5.72. The van der Waals surface area contributed by atoms with Gasteiger partial charge in [0.1, 0.15) is 11.6 Å². The number of rotatable bonds is 12. The summed E-state index contributed by atoms with van der Waals surface area (Å²) in [7, 11) is 1.48. The number of aliphatic carboxylic acids is 1. The molecule has 0 spiro atoms. The molecule has 3 aromatic rings. The van der Waals surface area contributed by atoms with Crippen LogP contribution >= 0.6 is 0 Å². The first kappa shape index (κ1) is 28.6. The third-order valence-corrected chi connectivity index (χ3v) is 5.72. The number of nitrogens with zero attached hydrogens (tertiary/aromatic N) is 1. The van der Waals surface area contributed by atoms with Crippen LogP contribution in [-0.2, 0) is 20.8 Å². The van der Waals surface area contributed by atoms with Gasteiger partial charge in [0.25, 0.3) is 0 Å². The van der Waals surface area contributed by atoms with Gasteiger partial charge in [0.15, 0.2) is 5.78 Å². The number of anilines is 3. The van der Waals surface area contributed by atoms with Crippen LogP contribution < -0.4 is 26.0 Å². The summed E-state index contributed by atoms with van der Waals surface area (Å²) in [6.45, 7) is 3.22. The molecule has 0 radical (unpaired) electrons. The molecule has 3 rings (SSSR count). The monoisotopic (exact) mass is 533 g/mol. The number of aryl methyl sites for hydroxylation is 1. The Labute approximate surface area is 226 Å². The van der Waals surface area contributed by atoms with Crippen LogP contribution in [0.15, 0.2) is 60.8 Å². The maximum absolute atomic E-state index is 12.6. The number of methoxy groups -OCH3 is 1. The number of carboxylic acids is 1. The Morgan fingerprint density at radius 2 is 1.74 bits per heavy atom. The smallest absolute Gasteiger partial charge is 0.323 e. The van der Waals surface area contributed by atoms with Gasteiger partial charge in [-0.1, -0.05) is 30.3 Å². The van der Waals surface area contributed by atoms with Crippen molar-refractivity contribution in [1.29, 1.82) is 0 Å². The predicted octanol–water partition coefficient (Wildman–Crippen LogP) is 3.92. The van der Waals surface area contributed by atoms with Crippen molar-refractivity contribution in [2.75, 3.05) is 29.6 Å². The van der Waals surface area contributed by atoms with E-state index in [0.717, 1.165) is 5.56 Å². The molecule has 0 saturated carbocycles. The normalized spacial score (nSPS) is 11.2. The Kier molecular flexibility index (Phi) is 9.96. The second-order valence-electron chi connectivity index (χ2n) is 8.83. The summed E-state index contributed by atoms with van der Waals surface area (Å²) in [5.41, 5.74) is 3.33. The number of aromatic nitrogens is 1. The molecule has 0 aliphatic rings. The van der Waals surface area contributed by atoms with Gasteiger partial charge >= 0.3 is 12.0 Å². The maximum Gasteiger partial charge on any atom is 0.323 e. The minimum absolute atomic E-state index is 0.0117. The molecule has 11 nitrogen and oxygen atoms in total. The summed E-state index contributed by atoms with van der Waals surface area (Å²) < 4.78 is 5.41. The second-order valence-corrected chi connectivity index (χ2v) is 8.83. The van der Waals surface area contributed by atoms with Gasteiger partial charge in [-0.15, -0.1) is 0 Å². The van der Waals surface area contributed by atoms with E-state index in [1.807, 2.05) is 25.1 Å². The quantitative estimate of drug-likeness (QED) is 0.234. The minimum atomic E-state index is -1.05. The van der Waals surface area contributed by atoms with Crippen molar-refractivity contribution in [3.63, 3.8) is 0 Å². The molecule has 39 heavy (non-hydrogen) atoms. The number of carboxylic acid groups (broad SMARTS) is 1. The van der Waals surface area contributed by atoms with E-state index in [9.17, 15) is 19.2 Å². The topological polar surface area (TPSA) is 159 Å². The van der Waals surface area contributed by atoms with Crippen LogP contribution in [0.5, 0.6) is 5.75 Å². The number of Topliss-reactive ketones (excluding diaryl/α,β-unsaturated/α-hetero) is 1. The molecule has 2 aromatic carbocycles. The molecule has 0 aliphatic heterocycles. The standard InChI is InChI=1S/C28H31N5O6/c1-17-6-4-5-7-22(17)32-28(38)33-23-10-8-19(13-25(23)39-3)12-21(35)16-30-26-11-9-20(15-29-26)24(14-27(36)37)31-18(2)34/h4-11,13,15,24H,12,14,16H2,1-3H3,(H,29,30)(H,31,34)(H,36,37)(H2,32,33,38).